The van der Waals surface area contributed by atoms with Crippen molar-refractivity contribution in [1.82, 2.24) is 0 Å². The van der Waals surface area contributed by atoms with Crippen molar-refractivity contribution in [1.29, 1.82) is 0 Å². The molecule has 0 saturated carbocycles. The van der Waals surface area contributed by atoms with E-state index in [1.54, 1.807) is 11.8 Å². The molecule has 1 N–H and O–H groups in total. The highest BCUT2D eigenvalue weighted by Gasteiger charge is 2.03. The van der Waals surface area contributed by atoms with E-state index in [0.717, 1.165) is 43.5 Å². The van der Waals surface area contributed by atoms with Crippen LogP contribution in [-0.4, -0.2) is 87.1 Å². The molecule has 140 valence electrons. The van der Waals surface area contributed by atoms with Crippen LogP contribution in [0.25, 0.3) is 0 Å². The summed E-state index contributed by atoms with van der Waals surface area (Å²) in [5.74, 6) is 3.74. The lowest BCUT2D eigenvalue weighted by molar-refractivity contribution is 0.0545. The third-order valence-electron chi connectivity index (χ3n) is 2.72. The van der Waals surface area contributed by atoms with E-state index in [4.69, 9.17) is 18.9 Å². The van der Waals surface area contributed by atoms with Crippen molar-refractivity contribution in [2.45, 2.75) is 26.4 Å². The normalized spacial score (nSPS) is 12.7. The fourth-order valence-electron chi connectivity index (χ4n) is 1.59. The molecule has 0 aliphatic heterocycles. The minimum atomic E-state index is -0.380. The molecule has 7 heteroatoms. The van der Waals surface area contributed by atoms with Gasteiger partial charge >= 0.3 is 0 Å². The average Bonchev–Trinajstić information content (AvgIpc) is 2.56. The predicted molar refractivity (Wildman–Crippen MR) is 99.9 cm³/mol. The molecular weight excluding hydrogens is 336 g/mol. The molecule has 5 nitrogen and oxygen atoms in total. The van der Waals surface area contributed by atoms with E-state index in [9.17, 15) is 5.11 Å². The summed E-state index contributed by atoms with van der Waals surface area (Å²) in [6.07, 6.45) is 0.729. The van der Waals surface area contributed by atoms with Gasteiger partial charge in [0, 0.05) is 37.1 Å². The smallest absolute Gasteiger partial charge is 0.0863 e. The molecule has 0 aromatic carbocycles. The highest BCUT2D eigenvalue weighted by molar-refractivity contribution is 7.99. The molecule has 0 fully saturated rings. The zero-order valence-corrected chi connectivity index (χ0v) is 16.3. The number of rotatable bonds is 19. The Bertz CT molecular complexity index is 223. The molecule has 0 aromatic rings. The minimum absolute atomic E-state index is 0.380. The summed E-state index contributed by atoms with van der Waals surface area (Å²) >= 11 is 3.59. The van der Waals surface area contributed by atoms with Gasteiger partial charge in [-0.1, -0.05) is 0 Å². The molecular formula is C16H34O5S2. The highest BCUT2D eigenvalue weighted by atomic mass is 32.2. The van der Waals surface area contributed by atoms with E-state index in [2.05, 4.69) is 0 Å². The van der Waals surface area contributed by atoms with Crippen LogP contribution < -0.4 is 0 Å². The molecule has 0 aliphatic rings. The van der Waals surface area contributed by atoms with E-state index < -0.39 is 0 Å². The summed E-state index contributed by atoms with van der Waals surface area (Å²) in [5, 5.41) is 9.57. The summed E-state index contributed by atoms with van der Waals surface area (Å²) in [5.41, 5.74) is 0. The van der Waals surface area contributed by atoms with Gasteiger partial charge in [0.25, 0.3) is 0 Å². The van der Waals surface area contributed by atoms with Crippen LogP contribution in [0, 0.1) is 0 Å². The predicted octanol–water partition coefficient (Wildman–Crippen LogP) is 2.31. The summed E-state index contributed by atoms with van der Waals surface area (Å²) in [7, 11) is 0. The number of hydrogen-bond acceptors (Lipinski definition) is 7. The van der Waals surface area contributed by atoms with Crippen LogP contribution >= 0.6 is 23.5 Å². The van der Waals surface area contributed by atoms with Gasteiger partial charge in [-0.15, -0.1) is 0 Å². The molecule has 0 aliphatic carbocycles. The number of hydrogen-bond donors (Lipinski definition) is 1. The SMILES string of the molecule is CCOCCCSCCOCCOCCSCC(O)COCC. The summed E-state index contributed by atoms with van der Waals surface area (Å²) in [6, 6.07) is 0. The van der Waals surface area contributed by atoms with Gasteiger partial charge in [-0.05, 0) is 26.0 Å². The van der Waals surface area contributed by atoms with Gasteiger partial charge in [0.05, 0.1) is 39.1 Å². The van der Waals surface area contributed by atoms with Gasteiger partial charge in [0.2, 0.25) is 0 Å². The lowest BCUT2D eigenvalue weighted by atomic mass is 10.4. The fourth-order valence-corrected chi connectivity index (χ4v) is 3.12. The first-order valence-corrected chi connectivity index (χ1v) is 10.8. The molecule has 0 saturated heterocycles. The van der Waals surface area contributed by atoms with Crippen LogP contribution in [0.15, 0.2) is 0 Å². The molecule has 0 aromatic heterocycles. The van der Waals surface area contributed by atoms with Crippen molar-refractivity contribution in [3.05, 3.63) is 0 Å². The van der Waals surface area contributed by atoms with Crippen LogP contribution in [0.3, 0.4) is 0 Å². The third-order valence-corrected chi connectivity index (χ3v) is 4.83. The standard InChI is InChI=1S/C16H34O5S2/c1-3-18-6-5-11-22-12-9-20-7-8-21-10-13-23-15-16(17)14-19-4-2/h16-17H,3-15H2,1-2H3. The summed E-state index contributed by atoms with van der Waals surface area (Å²) < 4.78 is 21.4. The Morgan fingerprint density at radius 2 is 1.39 bits per heavy atom. The molecule has 0 bridgehead atoms. The quantitative estimate of drug-likeness (QED) is 0.350. The first-order valence-electron chi connectivity index (χ1n) is 8.45. The van der Waals surface area contributed by atoms with Gasteiger partial charge in [0.15, 0.2) is 0 Å². The molecule has 1 atom stereocenters. The highest BCUT2D eigenvalue weighted by Crippen LogP contribution is 2.04. The van der Waals surface area contributed by atoms with Crippen LogP contribution in [-0.2, 0) is 18.9 Å². The van der Waals surface area contributed by atoms with Crippen LogP contribution in [0.1, 0.15) is 20.3 Å². The largest absolute Gasteiger partial charge is 0.390 e. The van der Waals surface area contributed by atoms with E-state index in [-0.39, 0.29) is 6.10 Å². The topological polar surface area (TPSA) is 57.2 Å². The fraction of sp³-hybridized carbons (Fsp3) is 1.00. The number of aliphatic hydroxyl groups excluding tert-OH is 1. The Hall–Kier alpha value is 0.500. The summed E-state index contributed by atoms with van der Waals surface area (Å²) in [4.78, 5) is 0. The second-order valence-electron chi connectivity index (χ2n) is 4.78. The molecule has 1 unspecified atom stereocenters. The van der Waals surface area contributed by atoms with Crippen molar-refractivity contribution in [2.75, 3.05) is 75.9 Å². The van der Waals surface area contributed by atoms with Crippen molar-refractivity contribution in [3.63, 3.8) is 0 Å². The zero-order valence-electron chi connectivity index (χ0n) is 14.7. The van der Waals surface area contributed by atoms with E-state index >= 15 is 0 Å². The molecule has 0 heterocycles. The Morgan fingerprint density at radius 1 is 0.739 bits per heavy atom. The number of ether oxygens (including phenoxy) is 4. The first-order chi connectivity index (χ1) is 11.3. The summed E-state index contributed by atoms with van der Waals surface area (Å²) in [6.45, 7) is 9.44. The van der Waals surface area contributed by atoms with Crippen molar-refractivity contribution < 1.29 is 24.1 Å². The molecule has 0 rings (SSSR count). The maximum Gasteiger partial charge on any atom is 0.0863 e. The monoisotopic (exact) mass is 370 g/mol. The van der Waals surface area contributed by atoms with Crippen LogP contribution in [0.5, 0.6) is 0 Å². The Morgan fingerprint density at radius 3 is 2.04 bits per heavy atom. The van der Waals surface area contributed by atoms with E-state index in [0.29, 0.717) is 38.8 Å². The lowest BCUT2D eigenvalue weighted by Crippen LogP contribution is -2.18. The Kier molecular flexibility index (Phi) is 21.0. The van der Waals surface area contributed by atoms with Crippen LogP contribution in [0.2, 0.25) is 0 Å². The van der Waals surface area contributed by atoms with Crippen molar-refractivity contribution in [3.8, 4) is 0 Å². The molecule has 0 amide bonds. The number of aliphatic hydroxyl groups is 1. The maximum atomic E-state index is 9.57. The van der Waals surface area contributed by atoms with Gasteiger partial charge < -0.3 is 24.1 Å². The van der Waals surface area contributed by atoms with Gasteiger partial charge in [0.1, 0.15) is 0 Å². The van der Waals surface area contributed by atoms with Gasteiger partial charge in [-0.2, -0.15) is 23.5 Å². The average molecular weight is 371 g/mol. The zero-order chi connectivity index (χ0) is 17.0. The molecule has 0 radical (unpaired) electrons. The third kappa shape index (κ3) is 20.5. The second-order valence-corrected chi connectivity index (χ2v) is 7.15. The maximum absolute atomic E-state index is 9.57. The van der Waals surface area contributed by atoms with Crippen LogP contribution in [0.4, 0.5) is 0 Å². The second kappa shape index (κ2) is 20.5. The molecule has 0 spiro atoms. The first kappa shape index (κ1) is 23.5. The van der Waals surface area contributed by atoms with Crippen molar-refractivity contribution in [2.24, 2.45) is 0 Å². The molecule has 23 heavy (non-hydrogen) atoms. The van der Waals surface area contributed by atoms with E-state index in [1.165, 1.54) is 0 Å². The Balaban J connectivity index is 3.02. The van der Waals surface area contributed by atoms with E-state index in [1.807, 2.05) is 25.6 Å². The van der Waals surface area contributed by atoms with Crippen molar-refractivity contribution >= 4 is 23.5 Å². The minimum Gasteiger partial charge on any atom is -0.390 e. The van der Waals surface area contributed by atoms with Gasteiger partial charge in [-0.3, -0.25) is 0 Å². The van der Waals surface area contributed by atoms with Gasteiger partial charge in [-0.25, -0.2) is 0 Å². The number of thioether (sulfide) groups is 2. The lowest BCUT2D eigenvalue weighted by Gasteiger charge is -2.10. The Labute approximate surface area is 150 Å².